The van der Waals surface area contributed by atoms with Gasteiger partial charge in [-0.25, -0.2) is 0 Å². The van der Waals surface area contributed by atoms with Gasteiger partial charge in [0.25, 0.3) is 0 Å². The van der Waals surface area contributed by atoms with Gasteiger partial charge in [-0.05, 0) is 36.4 Å². The third kappa shape index (κ3) is 2.74. The monoisotopic (exact) mass is 242 g/mol. The van der Waals surface area contributed by atoms with Crippen molar-refractivity contribution in [1.29, 1.82) is 0 Å². The fourth-order valence-corrected chi connectivity index (χ4v) is 1.42. The minimum absolute atomic E-state index is 0.233. The van der Waals surface area contributed by atoms with Crippen LogP contribution in [0.3, 0.4) is 0 Å². The molecule has 0 aliphatic carbocycles. The van der Waals surface area contributed by atoms with Gasteiger partial charge in [-0.2, -0.15) is 0 Å². The number of furan rings is 2. The zero-order valence-corrected chi connectivity index (χ0v) is 9.41. The summed E-state index contributed by atoms with van der Waals surface area (Å²) in [7, 11) is 0. The summed E-state index contributed by atoms with van der Waals surface area (Å²) in [5.41, 5.74) is 0.465. The number of carbonyl (C=O) groups excluding carboxylic acids is 2. The molecule has 4 heteroatoms. The van der Waals surface area contributed by atoms with Crippen molar-refractivity contribution in [2.24, 2.45) is 0 Å². The third-order valence-corrected chi connectivity index (χ3v) is 2.27. The van der Waals surface area contributed by atoms with Crippen molar-refractivity contribution in [3.8, 4) is 0 Å². The first-order valence-electron chi connectivity index (χ1n) is 5.24. The Bertz CT molecular complexity index is 517. The molecule has 0 saturated heterocycles. The van der Waals surface area contributed by atoms with E-state index in [0.29, 0.717) is 24.1 Å². The summed E-state index contributed by atoms with van der Waals surface area (Å²) in [5, 5.41) is 0. The van der Waals surface area contributed by atoms with Gasteiger partial charge < -0.3 is 8.83 Å². The molecule has 0 aliphatic rings. The number of hydrogen-bond acceptors (Lipinski definition) is 4. The van der Waals surface area contributed by atoms with E-state index in [1.54, 1.807) is 24.3 Å². The van der Waals surface area contributed by atoms with E-state index in [1.165, 1.54) is 24.7 Å². The highest BCUT2D eigenvalue weighted by molar-refractivity contribution is 6.02. The second kappa shape index (κ2) is 5.63. The maximum absolute atomic E-state index is 11.0. The molecule has 0 saturated carbocycles. The number of carbonyl (C=O) groups is 2. The Hall–Kier alpha value is -2.62. The molecule has 0 N–H and O–H groups in total. The first-order chi connectivity index (χ1) is 8.83. The van der Waals surface area contributed by atoms with Crippen molar-refractivity contribution in [1.82, 2.24) is 0 Å². The van der Waals surface area contributed by atoms with E-state index in [-0.39, 0.29) is 11.1 Å². The summed E-state index contributed by atoms with van der Waals surface area (Å²) >= 11 is 0. The zero-order chi connectivity index (χ0) is 12.8. The molecule has 0 unspecified atom stereocenters. The van der Waals surface area contributed by atoms with E-state index in [9.17, 15) is 9.59 Å². The second-order valence-electron chi connectivity index (χ2n) is 3.47. The van der Waals surface area contributed by atoms with Crippen LogP contribution < -0.4 is 0 Å². The molecule has 18 heavy (non-hydrogen) atoms. The lowest BCUT2D eigenvalue weighted by Gasteiger charge is -1.97. The molecule has 0 atom stereocenters. The van der Waals surface area contributed by atoms with Gasteiger partial charge in [-0.15, -0.1) is 0 Å². The minimum atomic E-state index is 0.233. The van der Waals surface area contributed by atoms with Crippen molar-refractivity contribution in [2.75, 3.05) is 0 Å². The normalized spacial score (nSPS) is 12.4. The van der Waals surface area contributed by atoms with Gasteiger partial charge in [-0.3, -0.25) is 9.59 Å². The van der Waals surface area contributed by atoms with Crippen LogP contribution in [0.1, 0.15) is 11.5 Å². The number of allylic oxidation sites excluding steroid dienone is 2. The van der Waals surface area contributed by atoms with Crippen molar-refractivity contribution >= 4 is 24.7 Å². The number of aldehydes is 2. The van der Waals surface area contributed by atoms with Crippen LogP contribution in [0.2, 0.25) is 0 Å². The Morgan fingerprint density at radius 3 is 1.56 bits per heavy atom. The molecule has 0 aliphatic heterocycles. The predicted octanol–water partition coefficient (Wildman–Crippen LogP) is 2.74. The zero-order valence-electron chi connectivity index (χ0n) is 9.41. The van der Waals surface area contributed by atoms with Crippen molar-refractivity contribution in [3.63, 3.8) is 0 Å². The van der Waals surface area contributed by atoms with Gasteiger partial charge in [0.1, 0.15) is 11.5 Å². The Morgan fingerprint density at radius 2 is 1.28 bits per heavy atom. The van der Waals surface area contributed by atoms with Crippen molar-refractivity contribution in [3.05, 3.63) is 59.5 Å². The molecule has 2 rings (SSSR count). The van der Waals surface area contributed by atoms with Crippen LogP contribution in [-0.2, 0) is 9.59 Å². The minimum Gasteiger partial charge on any atom is -0.465 e. The van der Waals surface area contributed by atoms with Crippen LogP contribution in [0.4, 0.5) is 0 Å². The van der Waals surface area contributed by atoms with E-state index in [2.05, 4.69) is 0 Å². The Kier molecular flexibility index (Phi) is 3.71. The lowest BCUT2D eigenvalue weighted by molar-refractivity contribution is -0.107. The first-order valence-corrected chi connectivity index (χ1v) is 5.24. The fraction of sp³-hybridized carbons (Fsp3) is 0. The average molecular weight is 242 g/mol. The summed E-state index contributed by atoms with van der Waals surface area (Å²) in [6, 6.07) is 6.79. The fourth-order valence-electron chi connectivity index (χ4n) is 1.42. The van der Waals surface area contributed by atoms with Gasteiger partial charge >= 0.3 is 0 Å². The van der Waals surface area contributed by atoms with E-state index >= 15 is 0 Å². The molecular weight excluding hydrogens is 232 g/mol. The van der Waals surface area contributed by atoms with Crippen molar-refractivity contribution in [2.45, 2.75) is 0 Å². The largest absolute Gasteiger partial charge is 0.465 e. The quantitative estimate of drug-likeness (QED) is 0.459. The molecule has 90 valence electrons. The SMILES string of the molecule is O=CC(=C\c1ccco1)/C(C=O)=C/c1ccco1. The standard InChI is InChI=1S/C14H10O4/c15-9-11(7-13-3-1-5-17-13)12(10-16)8-14-4-2-6-18-14/h1-10H/b11-7+,12-8+. The van der Waals surface area contributed by atoms with E-state index < -0.39 is 0 Å². The smallest absolute Gasteiger partial charge is 0.150 e. The maximum Gasteiger partial charge on any atom is 0.150 e. The highest BCUT2D eigenvalue weighted by Gasteiger charge is 2.06. The van der Waals surface area contributed by atoms with Crippen LogP contribution >= 0.6 is 0 Å². The van der Waals surface area contributed by atoms with Gasteiger partial charge in [0.2, 0.25) is 0 Å². The molecule has 2 heterocycles. The Morgan fingerprint density at radius 1 is 0.833 bits per heavy atom. The lowest BCUT2D eigenvalue weighted by Crippen LogP contribution is -1.92. The second-order valence-corrected chi connectivity index (χ2v) is 3.47. The van der Waals surface area contributed by atoms with E-state index in [1.807, 2.05) is 0 Å². The molecule has 0 amide bonds. The molecule has 0 fully saturated rings. The summed E-state index contributed by atoms with van der Waals surface area (Å²) < 4.78 is 10.2. The highest BCUT2D eigenvalue weighted by Crippen LogP contribution is 2.15. The van der Waals surface area contributed by atoms with Gasteiger partial charge in [0, 0.05) is 11.1 Å². The molecule has 4 nitrogen and oxygen atoms in total. The van der Waals surface area contributed by atoms with E-state index in [4.69, 9.17) is 8.83 Å². The van der Waals surface area contributed by atoms with Crippen LogP contribution in [-0.4, -0.2) is 12.6 Å². The Balaban J connectivity index is 2.36. The van der Waals surface area contributed by atoms with E-state index in [0.717, 1.165) is 0 Å². The summed E-state index contributed by atoms with van der Waals surface area (Å²) in [5.74, 6) is 1.01. The van der Waals surface area contributed by atoms with Gasteiger partial charge in [0.05, 0.1) is 12.5 Å². The van der Waals surface area contributed by atoms with Crippen LogP contribution in [0.25, 0.3) is 12.2 Å². The lowest BCUT2D eigenvalue weighted by atomic mass is 10.1. The van der Waals surface area contributed by atoms with Gasteiger partial charge in [0.15, 0.2) is 12.6 Å². The molecular formula is C14H10O4. The summed E-state index contributed by atoms with van der Waals surface area (Å²) in [6.45, 7) is 0. The number of hydrogen-bond donors (Lipinski definition) is 0. The summed E-state index contributed by atoms with van der Waals surface area (Å²) in [4.78, 5) is 22.0. The third-order valence-electron chi connectivity index (χ3n) is 2.27. The van der Waals surface area contributed by atoms with Gasteiger partial charge in [-0.1, -0.05) is 0 Å². The molecule has 0 radical (unpaired) electrons. The molecule has 0 bridgehead atoms. The summed E-state index contributed by atoms with van der Waals surface area (Å²) in [6.07, 6.45) is 7.18. The van der Waals surface area contributed by atoms with Crippen LogP contribution in [0.5, 0.6) is 0 Å². The molecule has 0 aromatic carbocycles. The van der Waals surface area contributed by atoms with Crippen LogP contribution in [0, 0.1) is 0 Å². The number of rotatable bonds is 5. The topological polar surface area (TPSA) is 60.4 Å². The molecule has 0 spiro atoms. The average Bonchev–Trinajstić information content (AvgIpc) is 3.06. The maximum atomic E-state index is 11.0. The molecule has 2 aromatic heterocycles. The highest BCUT2D eigenvalue weighted by atomic mass is 16.3. The first kappa shape index (κ1) is 11.9. The van der Waals surface area contributed by atoms with Crippen molar-refractivity contribution < 1.29 is 18.4 Å². The predicted molar refractivity (Wildman–Crippen MR) is 65.5 cm³/mol. The molecule has 2 aromatic rings. The van der Waals surface area contributed by atoms with Crippen LogP contribution in [0.15, 0.2) is 56.8 Å². The Labute approximate surface area is 103 Å².